The molecular formula is C15H20ClNO3. The number of morpholine rings is 1. The van der Waals surface area contributed by atoms with Gasteiger partial charge >= 0.3 is 0 Å². The van der Waals surface area contributed by atoms with Crippen LogP contribution in [0.25, 0.3) is 0 Å². The van der Waals surface area contributed by atoms with Crippen molar-refractivity contribution in [2.24, 2.45) is 0 Å². The van der Waals surface area contributed by atoms with E-state index in [0.717, 1.165) is 22.8 Å². The van der Waals surface area contributed by atoms with Crippen molar-refractivity contribution in [3.8, 4) is 5.75 Å². The number of amides is 1. The molecule has 0 unspecified atom stereocenters. The first-order chi connectivity index (χ1) is 9.66. The molecule has 5 heteroatoms. The molecule has 0 aliphatic carbocycles. The molecule has 0 N–H and O–H groups in total. The molecule has 1 aromatic rings. The van der Waals surface area contributed by atoms with Gasteiger partial charge in [0.15, 0.2) is 0 Å². The number of hydrogen-bond donors (Lipinski definition) is 0. The topological polar surface area (TPSA) is 38.8 Å². The molecule has 1 fully saturated rings. The zero-order valence-corrected chi connectivity index (χ0v) is 12.5. The summed E-state index contributed by atoms with van der Waals surface area (Å²) in [6, 6.07) is 5.58. The minimum atomic E-state index is 0.184. The van der Waals surface area contributed by atoms with Gasteiger partial charge in [-0.15, -0.1) is 0 Å². The fraction of sp³-hybridized carbons (Fsp3) is 0.533. The van der Waals surface area contributed by atoms with E-state index in [0.29, 0.717) is 39.3 Å². The van der Waals surface area contributed by atoms with Gasteiger partial charge in [0.1, 0.15) is 5.75 Å². The van der Waals surface area contributed by atoms with Crippen LogP contribution in [0, 0.1) is 6.92 Å². The Balaban J connectivity index is 1.68. The van der Waals surface area contributed by atoms with E-state index in [9.17, 15) is 4.79 Å². The van der Waals surface area contributed by atoms with Crippen LogP contribution in [0.15, 0.2) is 18.2 Å². The van der Waals surface area contributed by atoms with Crippen molar-refractivity contribution in [2.45, 2.75) is 19.8 Å². The first kappa shape index (κ1) is 15.1. The molecule has 0 radical (unpaired) electrons. The molecule has 1 amide bonds. The fourth-order valence-electron chi connectivity index (χ4n) is 2.09. The first-order valence-corrected chi connectivity index (χ1v) is 7.29. The van der Waals surface area contributed by atoms with Crippen LogP contribution in [0.2, 0.25) is 5.02 Å². The number of aryl methyl sites for hydroxylation is 1. The van der Waals surface area contributed by atoms with E-state index in [1.807, 2.05) is 30.0 Å². The number of nitrogens with zero attached hydrogens (tertiary/aromatic N) is 1. The summed E-state index contributed by atoms with van der Waals surface area (Å²) in [6.45, 7) is 5.18. The maximum absolute atomic E-state index is 11.9. The Labute approximate surface area is 124 Å². The number of rotatable bonds is 5. The lowest BCUT2D eigenvalue weighted by Gasteiger charge is -2.26. The minimum absolute atomic E-state index is 0.184. The molecule has 0 bridgehead atoms. The summed E-state index contributed by atoms with van der Waals surface area (Å²) in [4.78, 5) is 13.8. The van der Waals surface area contributed by atoms with Crippen LogP contribution in [0.4, 0.5) is 0 Å². The quantitative estimate of drug-likeness (QED) is 0.784. The van der Waals surface area contributed by atoms with Gasteiger partial charge < -0.3 is 14.4 Å². The molecular weight excluding hydrogens is 278 g/mol. The average molecular weight is 298 g/mol. The molecule has 1 heterocycles. The van der Waals surface area contributed by atoms with Crippen molar-refractivity contribution in [3.63, 3.8) is 0 Å². The number of ether oxygens (including phenoxy) is 2. The number of carbonyl (C=O) groups excluding carboxylic acids is 1. The van der Waals surface area contributed by atoms with Crippen LogP contribution in [0.3, 0.4) is 0 Å². The monoisotopic (exact) mass is 297 g/mol. The molecule has 20 heavy (non-hydrogen) atoms. The minimum Gasteiger partial charge on any atom is -0.494 e. The van der Waals surface area contributed by atoms with Gasteiger partial charge in [-0.25, -0.2) is 0 Å². The lowest BCUT2D eigenvalue weighted by molar-refractivity contribution is -0.135. The SMILES string of the molecule is Cc1cc(OCCCC(=O)N2CCOCC2)ccc1Cl. The van der Waals surface area contributed by atoms with Gasteiger partial charge in [0.05, 0.1) is 19.8 Å². The number of hydrogen-bond acceptors (Lipinski definition) is 3. The highest BCUT2D eigenvalue weighted by molar-refractivity contribution is 6.31. The molecule has 110 valence electrons. The highest BCUT2D eigenvalue weighted by atomic mass is 35.5. The molecule has 0 aromatic heterocycles. The molecule has 0 atom stereocenters. The van der Waals surface area contributed by atoms with Crippen molar-refractivity contribution >= 4 is 17.5 Å². The van der Waals surface area contributed by atoms with E-state index in [1.54, 1.807) is 0 Å². The van der Waals surface area contributed by atoms with Gasteiger partial charge in [0, 0.05) is 24.5 Å². The second-order valence-corrected chi connectivity index (χ2v) is 5.26. The third-order valence-corrected chi connectivity index (χ3v) is 3.72. The van der Waals surface area contributed by atoms with E-state index in [1.165, 1.54) is 0 Å². The van der Waals surface area contributed by atoms with Crippen LogP contribution in [-0.2, 0) is 9.53 Å². The predicted octanol–water partition coefficient (Wildman–Crippen LogP) is 2.67. The summed E-state index contributed by atoms with van der Waals surface area (Å²) in [5, 5.41) is 0.736. The highest BCUT2D eigenvalue weighted by Crippen LogP contribution is 2.21. The first-order valence-electron chi connectivity index (χ1n) is 6.91. The maximum Gasteiger partial charge on any atom is 0.222 e. The summed E-state index contributed by atoms with van der Waals surface area (Å²) < 4.78 is 10.9. The average Bonchev–Trinajstić information content (AvgIpc) is 2.48. The van der Waals surface area contributed by atoms with Gasteiger partial charge in [0.2, 0.25) is 5.91 Å². The Kier molecular flexibility index (Phi) is 5.68. The standard InChI is InChI=1S/C15H20ClNO3/c1-12-11-13(4-5-14(12)16)20-8-2-3-15(18)17-6-9-19-10-7-17/h4-5,11H,2-3,6-10H2,1H3. The van der Waals surface area contributed by atoms with E-state index >= 15 is 0 Å². The van der Waals surface area contributed by atoms with Crippen LogP contribution in [0.5, 0.6) is 5.75 Å². The smallest absolute Gasteiger partial charge is 0.222 e. The van der Waals surface area contributed by atoms with Gasteiger partial charge in [-0.2, -0.15) is 0 Å². The molecule has 1 saturated heterocycles. The Morgan fingerprint density at radius 1 is 1.40 bits per heavy atom. The largest absolute Gasteiger partial charge is 0.494 e. The van der Waals surface area contributed by atoms with E-state index in [-0.39, 0.29) is 5.91 Å². The summed E-state index contributed by atoms with van der Waals surface area (Å²) in [5.74, 6) is 0.981. The van der Waals surface area contributed by atoms with Gasteiger partial charge in [0.25, 0.3) is 0 Å². The Morgan fingerprint density at radius 2 is 2.15 bits per heavy atom. The summed E-state index contributed by atoms with van der Waals surface area (Å²) in [5.41, 5.74) is 0.994. The molecule has 0 saturated carbocycles. The van der Waals surface area contributed by atoms with Crippen molar-refractivity contribution in [2.75, 3.05) is 32.9 Å². The van der Waals surface area contributed by atoms with Crippen LogP contribution in [-0.4, -0.2) is 43.7 Å². The normalized spacial score (nSPS) is 15.2. The number of halogens is 1. The van der Waals surface area contributed by atoms with E-state index < -0.39 is 0 Å². The Morgan fingerprint density at radius 3 is 2.85 bits per heavy atom. The number of benzene rings is 1. The molecule has 1 aliphatic heterocycles. The zero-order chi connectivity index (χ0) is 14.4. The lowest BCUT2D eigenvalue weighted by atomic mass is 10.2. The predicted molar refractivity (Wildman–Crippen MR) is 78.3 cm³/mol. The molecule has 2 rings (SSSR count). The van der Waals surface area contributed by atoms with Crippen LogP contribution in [0.1, 0.15) is 18.4 Å². The number of carbonyl (C=O) groups is 1. The van der Waals surface area contributed by atoms with E-state index in [4.69, 9.17) is 21.1 Å². The Hall–Kier alpha value is -1.26. The summed E-state index contributed by atoms with van der Waals surface area (Å²) >= 11 is 5.95. The molecule has 1 aromatic carbocycles. The Bertz CT molecular complexity index is 458. The third kappa shape index (κ3) is 4.39. The third-order valence-electron chi connectivity index (χ3n) is 3.30. The van der Waals surface area contributed by atoms with Gasteiger partial charge in [-0.3, -0.25) is 4.79 Å². The highest BCUT2D eigenvalue weighted by Gasteiger charge is 2.15. The van der Waals surface area contributed by atoms with Gasteiger partial charge in [-0.05, 0) is 37.1 Å². The molecule has 0 spiro atoms. The van der Waals surface area contributed by atoms with Crippen LogP contribution < -0.4 is 4.74 Å². The second-order valence-electron chi connectivity index (χ2n) is 4.86. The maximum atomic E-state index is 11.9. The van der Waals surface area contributed by atoms with Crippen molar-refractivity contribution in [1.29, 1.82) is 0 Å². The van der Waals surface area contributed by atoms with Crippen LogP contribution >= 0.6 is 11.6 Å². The van der Waals surface area contributed by atoms with E-state index in [2.05, 4.69) is 0 Å². The second kappa shape index (κ2) is 7.50. The van der Waals surface area contributed by atoms with Crippen molar-refractivity contribution in [3.05, 3.63) is 28.8 Å². The molecule has 4 nitrogen and oxygen atoms in total. The molecule has 1 aliphatic rings. The fourth-order valence-corrected chi connectivity index (χ4v) is 2.21. The zero-order valence-electron chi connectivity index (χ0n) is 11.7. The lowest BCUT2D eigenvalue weighted by Crippen LogP contribution is -2.40. The van der Waals surface area contributed by atoms with Crippen molar-refractivity contribution in [1.82, 2.24) is 4.90 Å². The summed E-state index contributed by atoms with van der Waals surface area (Å²) in [7, 11) is 0. The summed E-state index contributed by atoms with van der Waals surface area (Å²) in [6.07, 6.45) is 1.24. The van der Waals surface area contributed by atoms with Crippen molar-refractivity contribution < 1.29 is 14.3 Å². The van der Waals surface area contributed by atoms with Gasteiger partial charge in [-0.1, -0.05) is 11.6 Å².